The molecule has 4 N–H and O–H groups in total. The van der Waals surface area contributed by atoms with Crippen molar-refractivity contribution in [3.05, 3.63) is 36.0 Å². The van der Waals surface area contributed by atoms with Crippen molar-refractivity contribution >= 4 is 16.8 Å². The van der Waals surface area contributed by atoms with Crippen LogP contribution in [0.15, 0.2) is 30.5 Å². The number of hydrogen-bond donors (Lipinski definition) is 3. The summed E-state index contributed by atoms with van der Waals surface area (Å²) in [6, 6.07) is 7.32. The molecule has 19 heavy (non-hydrogen) atoms. The number of carbonyl (C=O) groups is 1. The van der Waals surface area contributed by atoms with Crippen LogP contribution in [-0.2, 0) is 18.3 Å². The normalized spacial score (nSPS) is 12.6. The van der Waals surface area contributed by atoms with Crippen LogP contribution in [0.5, 0.6) is 0 Å². The van der Waals surface area contributed by atoms with E-state index in [1.165, 1.54) is 16.5 Å². The molecule has 0 saturated carbocycles. The fourth-order valence-electron chi connectivity index (χ4n) is 2.16. The van der Waals surface area contributed by atoms with Crippen LogP contribution in [0.3, 0.4) is 0 Å². The topological polar surface area (TPSA) is 80.3 Å². The molecular weight excluding hydrogens is 242 g/mol. The molecule has 0 saturated heterocycles. The quantitative estimate of drug-likeness (QED) is 0.717. The van der Waals surface area contributed by atoms with E-state index in [9.17, 15) is 4.79 Å². The lowest BCUT2D eigenvalue weighted by Gasteiger charge is -2.08. The zero-order valence-electron chi connectivity index (χ0n) is 11.0. The third kappa shape index (κ3) is 2.94. The SMILES string of the molecule is Cn1cc(CCNC(=O)C(N)CO)c2ccccc21. The third-order valence-electron chi connectivity index (χ3n) is 3.21. The standard InChI is InChI=1S/C14H19N3O2/c1-17-8-10(11-4-2-3-5-13(11)17)6-7-16-14(19)12(15)9-18/h2-5,8,12,18H,6-7,9,15H2,1H3,(H,16,19). The molecule has 0 aliphatic carbocycles. The van der Waals surface area contributed by atoms with E-state index >= 15 is 0 Å². The highest BCUT2D eigenvalue weighted by Gasteiger charge is 2.11. The number of para-hydroxylation sites is 1. The zero-order valence-corrected chi connectivity index (χ0v) is 11.0. The summed E-state index contributed by atoms with van der Waals surface area (Å²) in [5.74, 6) is -0.317. The van der Waals surface area contributed by atoms with Crippen molar-refractivity contribution in [3.8, 4) is 0 Å². The summed E-state index contributed by atoms with van der Waals surface area (Å²) in [5.41, 5.74) is 7.79. The predicted molar refractivity (Wildman–Crippen MR) is 74.7 cm³/mol. The van der Waals surface area contributed by atoms with Gasteiger partial charge in [0.05, 0.1) is 6.61 Å². The minimum atomic E-state index is -0.840. The summed E-state index contributed by atoms with van der Waals surface area (Å²) >= 11 is 0. The van der Waals surface area contributed by atoms with Gasteiger partial charge in [-0.05, 0) is 18.1 Å². The van der Waals surface area contributed by atoms with Gasteiger partial charge in [0.15, 0.2) is 0 Å². The molecule has 1 unspecified atom stereocenters. The van der Waals surface area contributed by atoms with Crippen molar-refractivity contribution in [1.82, 2.24) is 9.88 Å². The number of aliphatic hydroxyl groups excluding tert-OH is 1. The molecule has 0 aliphatic heterocycles. The Bertz CT molecular complexity index is 577. The lowest BCUT2D eigenvalue weighted by molar-refractivity contribution is -0.123. The highest BCUT2D eigenvalue weighted by atomic mass is 16.3. The molecule has 102 valence electrons. The van der Waals surface area contributed by atoms with Crippen LogP contribution >= 0.6 is 0 Å². The molecule has 1 aromatic carbocycles. The smallest absolute Gasteiger partial charge is 0.239 e. The van der Waals surface area contributed by atoms with E-state index < -0.39 is 6.04 Å². The summed E-state index contributed by atoms with van der Waals surface area (Å²) in [4.78, 5) is 11.4. The minimum absolute atomic E-state index is 0.317. The van der Waals surface area contributed by atoms with Crippen LogP contribution in [0.25, 0.3) is 10.9 Å². The van der Waals surface area contributed by atoms with Crippen LogP contribution < -0.4 is 11.1 Å². The minimum Gasteiger partial charge on any atom is -0.394 e. The summed E-state index contributed by atoms with van der Waals surface area (Å²) in [6.45, 7) is 0.181. The van der Waals surface area contributed by atoms with Gasteiger partial charge in [-0.3, -0.25) is 4.79 Å². The zero-order chi connectivity index (χ0) is 13.8. The van der Waals surface area contributed by atoms with Gasteiger partial charge in [-0.1, -0.05) is 18.2 Å². The van der Waals surface area contributed by atoms with Crippen molar-refractivity contribution in [3.63, 3.8) is 0 Å². The van der Waals surface area contributed by atoms with Gasteiger partial charge in [0.1, 0.15) is 6.04 Å². The van der Waals surface area contributed by atoms with Crippen molar-refractivity contribution in [2.75, 3.05) is 13.2 Å². The average molecular weight is 261 g/mol. The number of nitrogens with two attached hydrogens (primary N) is 1. The molecule has 0 radical (unpaired) electrons. The van der Waals surface area contributed by atoms with E-state index in [1.807, 2.05) is 19.2 Å². The summed E-state index contributed by atoms with van der Waals surface area (Å²) < 4.78 is 2.08. The Labute approximate surface area is 112 Å². The van der Waals surface area contributed by atoms with Crippen molar-refractivity contribution in [2.45, 2.75) is 12.5 Å². The maximum atomic E-state index is 11.4. The number of fused-ring (bicyclic) bond motifs is 1. The summed E-state index contributed by atoms with van der Waals surface area (Å²) in [6.07, 6.45) is 2.81. The Morgan fingerprint density at radius 2 is 2.21 bits per heavy atom. The van der Waals surface area contributed by atoms with E-state index in [-0.39, 0.29) is 12.5 Å². The number of rotatable bonds is 5. The lowest BCUT2D eigenvalue weighted by Crippen LogP contribution is -2.43. The molecule has 2 rings (SSSR count). The molecule has 5 nitrogen and oxygen atoms in total. The average Bonchev–Trinajstić information content (AvgIpc) is 2.75. The maximum Gasteiger partial charge on any atom is 0.239 e. The van der Waals surface area contributed by atoms with Crippen molar-refractivity contribution in [1.29, 1.82) is 0 Å². The van der Waals surface area contributed by atoms with E-state index in [0.717, 1.165) is 6.42 Å². The molecule has 2 aromatic rings. The number of hydrogen-bond acceptors (Lipinski definition) is 3. The van der Waals surface area contributed by atoms with Gasteiger partial charge in [0.25, 0.3) is 0 Å². The molecule has 5 heteroatoms. The first-order chi connectivity index (χ1) is 9.13. The van der Waals surface area contributed by atoms with Gasteiger partial charge in [0, 0.05) is 30.7 Å². The van der Waals surface area contributed by atoms with Crippen LogP contribution in [0.4, 0.5) is 0 Å². The number of amides is 1. The number of aliphatic hydroxyl groups is 1. The Hall–Kier alpha value is -1.85. The fourth-order valence-corrected chi connectivity index (χ4v) is 2.16. The Morgan fingerprint density at radius 3 is 2.95 bits per heavy atom. The highest BCUT2D eigenvalue weighted by Crippen LogP contribution is 2.20. The van der Waals surface area contributed by atoms with E-state index in [0.29, 0.717) is 6.54 Å². The van der Waals surface area contributed by atoms with Gasteiger partial charge in [-0.15, -0.1) is 0 Å². The van der Waals surface area contributed by atoms with E-state index in [4.69, 9.17) is 10.8 Å². The molecule has 0 bridgehead atoms. The van der Waals surface area contributed by atoms with Gasteiger partial charge in [-0.25, -0.2) is 0 Å². The third-order valence-corrected chi connectivity index (χ3v) is 3.21. The largest absolute Gasteiger partial charge is 0.394 e. The molecule has 0 fully saturated rings. The van der Waals surface area contributed by atoms with Gasteiger partial charge < -0.3 is 20.7 Å². The Balaban J connectivity index is 2.01. The van der Waals surface area contributed by atoms with Crippen molar-refractivity contribution < 1.29 is 9.90 Å². The molecular formula is C14H19N3O2. The fraction of sp³-hybridized carbons (Fsp3) is 0.357. The van der Waals surface area contributed by atoms with E-state index in [1.54, 1.807) is 0 Å². The number of benzene rings is 1. The predicted octanol–water partition coefficient (Wildman–Crippen LogP) is 0.157. The number of nitrogens with zero attached hydrogens (tertiary/aromatic N) is 1. The molecule has 0 aliphatic rings. The number of carbonyl (C=O) groups excluding carboxylic acids is 1. The molecule has 1 atom stereocenters. The summed E-state index contributed by atoms with van der Waals surface area (Å²) in [7, 11) is 2.01. The van der Waals surface area contributed by atoms with Crippen LogP contribution in [0, 0.1) is 0 Å². The molecule has 1 aromatic heterocycles. The first-order valence-corrected chi connectivity index (χ1v) is 6.30. The second-order valence-electron chi connectivity index (χ2n) is 4.61. The van der Waals surface area contributed by atoms with Crippen molar-refractivity contribution in [2.24, 2.45) is 12.8 Å². The maximum absolute atomic E-state index is 11.4. The Kier molecular flexibility index (Phi) is 4.19. The number of aryl methyl sites for hydroxylation is 1. The lowest BCUT2D eigenvalue weighted by atomic mass is 10.1. The summed E-state index contributed by atoms with van der Waals surface area (Å²) in [5, 5.41) is 12.7. The second kappa shape index (κ2) is 5.86. The first kappa shape index (κ1) is 13.6. The van der Waals surface area contributed by atoms with E-state index in [2.05, 4.69) is 28.2 Å². The van der Waals surface area contributed by atoms with Crippen LogP contribution in [0.1, 0.15) is 5.56 Å². The first-order valence-electron chi connectivity index (χ1n) is 6.30. The number of aromatic nitrogens is 1. The monoisotopic (exact) mass is 261 g/mol. The highest BCUT2D eigenvalue weighted by molar-refractivity contribution is 5.84. The Morgan fingerprint density at radius 1 is 1.47 bits per heavy atom. The molecule has 1 amide bonds. The van der Waals surface area contributed by atoms with Gasteiger partial charge >= 0.3 is 0 Å². The van der Waals surface area contributed by atoms with Gasteiger partial charge in [-0.2, -0.15) is 0 Å². The van der Waals surface area contributed by atoms with Crippen LogP contribution in [-0.4, -0.2) is 34.8 Å². The van der Waals surface area contributed by atoms with Crippen LogP contribution in [0.2, 0.25) is 0 Å². The molecule has 1 heterocycles. The second-order valence-corrected chi connectivity index (χ2v) is 4.61. The van der Waals surface area contributed by atoms with Gasteiger partial charge in [0.2, 0.25) is 5.91 Å². The number of nitrogens with one attached hydrogen (secondary N) is 1. The molecule has 0 spiro atoms.